The second-order valence-electron chi connectivity index (χ2n) is 4.38. The van der Waals surface area contributed by atoms with Crippen molar-refractivity contribution in [2.45, 2.75) is 19.9 Å². The van der Waals surface area contributed by atoms with Gasteiger partial charge in [-0.05, 0) is 30.7 Å². The van der Waals surface area contributed by atoms with Crippen molar-refractivity contribution in [1.82, 2.24) is 5.32 Å². The first kappa shape index (κ1) is 16.9. The van der Waals surface area contributed by atoms with Gasteiger partial charge in [0.05, 0.1) is 6.61 Å². The van der Waals surface area contributed by atoms with E-state index in [2.05, 4.69) is 5.32 Å². The lowest BCUT2D eigenvalue weighted by Crippen LogP contribution is -2.12. The average molecular weight is 285 g/mol. The summed E-state index contributed by atoms with van der Waals surface area (Å²) in [5.74, 6) is 0.259. The second kappa shape index (κ2) is 10.6. The summed E-state index contributed by atoms with van der Waals surface area (Å²) in [6, 6.07) is 4.74. The molecule has 0 fully saturated rings. The lowest BCUT2D eigenvalue weighted by atomic mass is 10.2. The van der Waals surface area contributed by atoms with Crippen LogP contribution in [0.4, 0.5) is 4.39 Å². The minimum atomic E-state index is -0.281. The summed E-state index contributed by atoms with van der Waals surface area (Å²) in [6.07, 6.45) is 0.864. The van der Waals surface area contributed by atoms with E-state index >= 15 is 0 Å². The van der Waals surface area contributed by atoms with Gasteiger partial charge in [-0.1, -0.05) is 6.92 Å². The highest BCUT2D eigenvalue weighted by Gasteiger charge is 2.02. The summed E-state index contributed by atoms with van der Waals surface area (Å²) in [7, 11) is 1.66. The van der Waals surface area contributed by atoms with Crippen molar-refractivity contribution in [3.05, 3.63) is 29.6 Å². The first-order chi connectivity index (χ1) is 9.76. The molecule has 1 aromatic carbocycles. The third-order valence-electron chi connectivity index (χ3n) is 2.64. The maximum atomic E-state index is 13.4. The van der Waals surface area contributed by atoms with E-state index < -0.39 is 0 Å². The minimum absolute atomic E-state index is 0.281. The van der Waals surface area contributed by atoms with E-state index in [4.69, 9.17) is 14.2 Å². The first-order valence-electron chi connectivity index (χ1n) is 6.96. The third-order valence-corrected chi connectivity index (χ3v) is 2.64. The zero-order valence-corrected chi connectivity index (χ0v) is 12.3. The quantitative estimate of drug-likeness (QED) is 0.634. The smallest absolute Gasteiger partial charge is 0.127 e. The largest absolute Gasteiger partial charge is 0.491 e. The van der Waals surface area contributed by atoms with Crippen LogP contribution in [0.1, 0.15) is 18.9 Å². The van der Waals surface area contributed by atoms with Gasteiger partial charge in [0.25, 0.3) is 0 Å². The molecule has 0 unspecified atom stereocenters. The Kier molecular flexibility index (Phi) is 8.95. The first-order valence-corrected chi connectivity index (χ1v) is 6.96. The van der Waals surface area contributed by atoms with Crippen LogP contribution in [0.2, 0.25) is 0 Å². The molecule has 0 aliphatic heterocycles. The highest BCUT2D eigenvalue weighted by atomic mass is 19.1. The Balaban J connectivity index is 2.26. The molecule has 0 bridgehead atoms. The number of hydrogen-bond acceptors (Lipinski definition) is 4. The van der Waals surface area contributed by atoms with Crippen LogP contribution in [0.3, 0.4) is 0 Å². The third kappa shape index (κ3) is 7.43. The fraction of sp³-hybridized carbons (Fsp3) is 0.600. The summed E-state index contributed by atoms with van der Waals surface area (Å²) in [4.78, 5) is 0. The zero-order valence-electron chi connectivity index (χ0n) is 12.3. The SMILES string of the molecule is CCNCc1cc(F)cc(OCCOCCCOC)c1. The average Bonchev–Trinajstić information content (AvgIpc) is 2.43. The number of ether oxygens (including phenoxy) is 3. The van der Waals surface area contributed by atoms with Gasteiger partial charge < -0.3 is 19.5 Å². The van der Waals surface area contributed by atoms with E-state index in [0.717, 1.165) is 18.5 Å². The van der Waals surface area contributed by atoms with Crippen LogP contribution in [0.15, 0.2) is 18.2 Å². The van der Waals surface area contributed by atoms with E-state index in [9.17, 15) is 4.39 Å². The summed E-state index contributed by atoms with van der Waals surface area (Å²) in [5, 5.41) is 3.16. The molecule has 0 aromatic heterocycles. The molecule has 0 aliphatic rings. The van der Waals surface area contributed by atoms with E-state index in [1.165, 1.54) is 12.1 Å². The molecule has 20 heavy (non-hydrogen) atoms. The molecular weight excluding hydrogens is 261 g/mol. The van der Waals surface area contributed by atoms with Gasteiger partial charge >= 0.3 is 0 Å². The zero-order chi connectivity index (χ0) is 14.6. The Morgan fingerprint density at radius 2 is 1.95 bits per heavy atom. The van der Waals surface area contributed by atoms with Gasteiger partial charge in [0.15, 0.2) is 0 Å². The monoisotopic (exact) mass is 285 g/mol. The van der Waals surface area contributed by atoms with Gasteiger partial charge in [-0.2, -0.15) is 0 Å². The van der Waals surface area contributed by atoms with Gasteiger partial charge in [0.1, 0.15) is 18.2 Å². The molecule has 0 aliphatic carbocycles. The van der Waals surface area contributed by atoms with Crippen LogP contribution in [0.25, 0.3) is 0 Å². The fourth-order valence-electron chi connectivity index (χ4n) is 1.70. The Bertz CT molecular complexity index is 374. The van der Waals surface area contributed by atoms with Gasteiger partial charge in [0, 0.05) is 32.9 Å². The van der Waals surface area contributed by atoms with Gasteiger partial charge in [-0.15, -0.1) is 0 Å². The van der Waals surface area contributed by atoms with Crippen molar-refractivity contribution in [2.24, 2.45) is 0 Å². The highest BCUT2D eigenvalue weighted by Crippen LogP contribution is 2.16. The van der Waals surface area contributed by atoms with Gasteiger partial charge in [0.2, 0.25) is 0 Å². The summed E-state index contributed by atoms with van der Waals surface area (Å²) in [6.45, 7) is 5.74. The molecule has 4 nitrogen and oxygen atoms in total. The number of nitrogens with one attached hydrogen (secondary N) is 1. The molecule has 1 aromatic rings. The molecule has 0 spiro atoms. The molecule has 0 saturated heterocycles. The molecule has 5 heteroatoms. The number of rotatable bonds is 11. The lowest BCUT2D eigenvalue weighted by Gasteiger charge is -2.09. The van der Waals surface area contributed by atoms with Crippen LogP contribution in [0.5, 0.6) is 5.75 Å². The van der Waals surface area contributed by atoms with Crippen LogP contribution in [-0.4, -0.2) is 40.1 Å². The maximum absolute atomic E-state index is 13.4. The summed E-state index contributed by atoms with van der Waals surface area (Å²) < 4.78 is 29.2. The minimum Gasteiger partial charge on any atom is -0.491 e. The van der Waals surface area contributed by atoms with Crippen LogP contribution in [-0.2, 0) is 16.0 Å². The predicted octanol–water partition coefficient (Wildman–Crippen LogP) is 2.37. The van der Waals surface area contributed by atoms with E-state index in [0.29, 0.717) is 38.7 Å². The molecule has 1 N–H and O–H groups in total. The van der Waals surface area contributed by atoms with Crippen molar-refractivity contribution in [3.8, 4) is 5.75 Å². The summed E-state index contributed by atoms with van der Waals surface area (Å²) >= 11 is 0. The molecule has 0 heterocycles. The second-order valence-corrected chi connectivity index (χ2v) is 4.38. The van der Waals surface area contributed by atoms with Crippen molar-refractivity contribution in [3.63, 3.8) is 0 Å². The van der Waals surface area contributed by atoms with Crippen molar-refractivity contribution in [1.29, 1.82) is 0 Å². The number of methoxy groups -OCH3 is 1. The van der Waals surface area contributed by atoms with Crippen LogP contribution in [0, 0.1) is 5.82 Å². The highest BCUT2D eigenvalue weighted by molar-refractivity contribution is 5.29. The summed E-state index contributed by atoms with van der Waals surface area (Å²) in [5.41, 5.74) is 0.878. The fourth-order valence-corrected chi connectivity index (χ4v) is 1.70. The molecule has 114 valence electrons. The molecule has 0 amide bonds. The van der Waals surface area contributed by atoms with Crippen molar-refractivity contribution >= 4 is 0 Å². The standard InChI is InChI=1S/C15H24FNO3/c1-3-17-12-13-9-14(16)11-15(10-13)20-8-7-19-6-4-5-18-2/h9-11,17H,3-8,12H2,1-2H3. The number of hydrogen-bond donors (Lipinski definition) is 1. The topological polar surface area (TPSA) is 39.7 Å². The van der Waals surface area contributed by atoms with Crippen LogP contribution >= 0.6 is 0 Å². The molecule has 0 atom stereocenters. The van der Waals surface area contributed by atoms with Gasteiger partial charge in [-0.25, -0.2) is 4.39 Å². The van der Waals surface area contributed by atoms with E-state index in [1.807, 2.05) is 13.0 Å². The Hall–Kier alpha value is -1.17. The van der Waals surface area contributed by atoms with E-state index in [-0.39, 0.29) is 5.82 Å². The number of benzene rings is 1. The Labute approximate surface area is 120 Å². The van der Waals surface area contributed by atoms with Crippen molar-refractivity contribution < 1.29 is 18.6 Å². The van der Waals surface area contributed by atoms with Crippen molar-refractivity contribution in [2.75, 3.05) is 40.1 Å². The van der Waals surface area contributed by atoms with Crippen LogP contribution < -0.4 is 10.1 Å². The lowest BCUT2D eigenvalue weighted by molar-refractivity contribution is 0.0805. The predicted molar refractivity (Wildman–Crippen MR) is 76.6 cm³/mol. The molecule has 0 saturated carbocycles. The molecule has 0 radical (unpaired) electrons. The Morgan fingerprint density at radius 1 is 1.10 bits per heavy atom. The molecule has 1 rings (SSSR count). The number of halogens is 1. The van der Waals surface area contributed by atoms with Gasteiger partial charge in [-0.3, -0.25) is 0 Å². The van der Waals surface area contributed by atoms with E-state index in [1.54, 1.807) is 7.11 Å². The normalized spacial score (nSPS) is 10.8. The molecular formula is C15H24FNO3. The maximum Gasteiger partial charge on any atom is 0.127 e. The Morgan fingerprint density at radius 3 is 2.70 bits per heavy atom.